The van der Waals surface area contributed by atoms with E-state index >= 15 is 0 Å². The number of hydrogen-bond donors (Lipinski definition) is 1. The van der Waals surface area contributed by atoms with Crippen LogP contribution in [0.1, 0.15) is 32.1 Å². The quantitative estimate of drug-likeness (QED) is 0.722. The number of fused-ring (bicyclic) bond motifs is 1. The summed E-state index contributed by atoms with van der Waals surface area (Å²) in [4.78, 5) is 13.7. The number of methoxy groups -OCH3 is 1. The Morgan fingerprint density at radius 2 is 2.19 bits per heavy atom. The van der Waals surface area contributed by atoms with Gasteiger partial charge in [-0.25, -0.2) is 0 Å². The van der Waals surface area contributed by atoms with Crippen LogP contribution in [0.3, 0.4) is 0 Å². The summed E-state index contributed by atoms with van der Waals surface area (Å²) >= 11 is 0. The minimum atomic E-state index is -0.481. The zero-order chi connectivity index (χ0) is 11.5. The van der Waals surface area contributed by atoms with E-state index in [0.717, 1.165) is 12.5 Å². The van der Waals surface area contributed by atoms with E-state index in [-0.39, 0.29) is 5.97 Å². The fraction of sp³-hybridized carbons (Fsp3) is 0.917. The summed E-state index contributed by atoms with van der Waals surface area (Å²) in [5.74, 6) is 0.554. The fourth-order valence-electron chi connectivity index (χ4n) is 3.21. The van der Waals surface area contributed by atoms with Crippen molar-refractivity contribution in [3.8, 4) is 0 Å². The van der Waals surface area contributed by atoms with Crippen molar-refractivity contribution in [1.82, 2.24) is 4.90 Å². The fourth-order valence-corrected chi connectivity index (χ4v) is 3.21. The number of nitrogens with two attached hydrogens (primary N) is 1. The minimum absolute atomic E-state index is 0.292. The molecule has 0 aromatic carbocycles. The molecule has 2 fully saturated rings. The summed E-state index contributed by atoms with van der Waals surface area (Å²) in [5, 5.41) is 0. The van der Waals surface area contributed by atoms with E-state index in [4.69, 9.17) is 5.73 Å². The van der Waals surface area contributed by atoms with Crippen LogP contribution in [0, 0.1) is 5.92 Å². The molecule has 2 N–H and O–H groups in total. The summed E-state index contributed by atoms with van der Waals surface area (Å²) in [7, 11) is 1.40. The van der Waals surface area contributed by atoms with Gasteiger partial charge in [0.05, 0.1) is 7.11 Å². The van der Waals surface area contributed by atoms with Gasteiger partial charge in [-0.1, -0.05) is 12.8 Å². The Morgan fingerprint density at radius 1 is 1.44 bits per heavy atom. The Hall–Kier alpha value is -0.610. The van der Waals surface area contributed by atoms with Crippen LogP contribution in [0.25, 0.3) is 0 Å². The molecule has 0 aromatic rings. The number of esters is 1. The highest BCUT2D eigenvalue weighted by Crippen LogP contribution is 2.35. The standard InChI is InChI=1S/C12H22N2O2/c1-16-12(15)10(13)8-14-7-6-9-4-2-3-5-11(9)14/h9-11H,2-8,13H2,1H3. The van der Waals surface area contributed by atoms with Crippen LogP contribution in [-0.2, 0) is 9.53 Å². The van der Waals surface area contributed by atoms with Crippen molar-refractivity contribution >= 4 is 5.97 Å². The van der Waals surface area contributed by atoms with Crippen molar-refractivity contribution in [3.63, 3.8) is 0 Å². The molecule has 0 spiro atoms. The van der Waals surface area contributed by atoms with Crippen LogP contribution in [-0.4, -0.2) is 43.2 Å². The molecule has 2 aliphatic rings. The van der Waals surface area contributed by atoms with Crippen molar-refractivity contribution in [2.24, 2.45) is 11.7 Å². The number of carbonyl (C=O) groups excluding carboxylic acids is 1. The van der Waals surface area contributed by atoms with Crippen LogP contribution in [0.5, 0.6) is 0 Å². The van der Waals surface area contributed by atoms with E-state index in [1.807, 2.05) is 0 Å². The third-order valence-corrected chi connectivity index (χ3v) is 4.06. The molecule has 1 saturated carbocycles. The first-order chi connectivity index (χ1) is 7.72. The third kappa shape index (κ3) is 2.38. The summed E-state index contributed by atoms with van der Waals surface area (Å²) in [5.41, 5.74) is 5.81. The van der Waals surface area contributed by atoms with Gasteiger partial charge in [0.25, 0.3) is 0 Å². The van der Waals surface area contributed by atoms with Crippen LogP contribution >= 0.6 is 0 Å². The van der Waals surface area contributed by atoms with Crippen LogP contribution in [0.2, 0.25) is 0 Å². The normalized spacial score (nSPS) is 32.1. The lowest BCUT2D eigenvalue weighted by molar-refractivity contribution is -0.142. The second-order valence-electron chi connectivity index (χ2n) is 5.03. The Bertz CT molecular complexity index is 257. The molecule has 0 aromatic heterocycles. The molecule has 1 saturated heterocycles. The highest BCUT2D eigenvalue weighted by molar-refractivity contribution is 5.75. The molecule has 92 valence electrons. The molecule has 1 aliphatic heterocycles. The molecule has 1 heterocycles. The van der Waals surface area contributed by atoms with Crippen LogP contribution in [0.15, 0.2) is 0 Å². The zero-order valence-electron chi connectivity index (χ0n) is 10.0. The molecule has 4 nitrogen and oxygen atoms in total. The number of carbonyl (C=O) groups is 1. The van der Waals surface area contributed by atoms with E-state index in [1.54, 1.807) is 0 Å². The average molecular weight is 226 g/mol. The highest BCUT2D eigenvalue weighted by Gasteiger charge is 2.36. The van der Waals surface area contributed by atoms with Crippen molar-refractivity contribution < 1.29 is 9.53 Å². The Balaban J connectivity index is 1.88. The molecule has 0 radical (unpaired) electrons. The van der Waals surface area contributed by atoms with E-state index in [0.29, 0.717) is 12.6 Å². The van der Waals surface area contributed by atoms with Gasteiger partial charge in [-0.3, -0.25) is 9.69 Å². The first kappa shape index (κ1) is 11.9. The van der Waals surface area contributed by atoms with E-state index in [1.165, 1.54) is 39.2 Å². The number of likely N-dealkylation sites (tertiary alicyclic amines) is 1. The lowest BCUT2D eigenvalue weighted by atomic mass is 9.85. The highest BCUT2D eigenvalue weighted by atomic mass is 16.5. The van der Waals surface area contributed by atoms with E-state index in [9.17, 15) is 4.79 Å². The van der Waals surface area contributed by atoms with Gasteiger partial charge in [-0.05, 0) is 31.7 Å². The molecule has 3 unspecified atom stereocenters. The third-order valence-electron chi connectivity index (χ3n) is 4.06. The van der Waals surface area contributed by atoms with Gasteiger partial charge < -0.3 is 10.5 Å². The zero-order valence-corrected chi connectivity index (χ0v) is 10.0. The van der Waals surface area contributed by atoms with Gasteiger partial charge in [-0.2, -0.15) is 0 Å². The number of hydrogen-bond acceptors (Lipinski definition) is 4. The second kappa shape index (κ2) is 5.15. The van der Waals surface area contributed by atoms with Gasteiger partial charge in [0, 0.05) is 12.6 Å². The second-order valence-corrected chi connectivity index (χ2v) is 5.03. The summed E-state index contributed by atoms with van der Waals surface area (Å²) in [6.45, 7) is 1.76. The van der Waals surface area contributed by atoms with Gasteiger partial charge in [-0.15, -0.1) is 0 Å². The van der Waals surface area contributed by atoms with Crippen LogP contribution < -0.4 is 5.73 Å². The predicted molar refractivity (Wildman–Crippen MR) is 61.9 cm³/mol. The van der Waals surface area contributed by atoms with Gasteiger partial charge >= 0.3 is 5.97 Å². The number of nitrogens with zero attached hydrogens (tertiary/aromatic N) is 1. The summed E-state index contributed by atoms with van der Waals surface area (Å²) in [6, 6.07) is 0.190. The lowest BCUT2D eigenvalue weighted by Gasteiger charge is -2.32. The van der Waals surface area contributed by atoms with Gasteiger partial charge in [0.2, 0.25) is 0 Å². The number of rotatable bonds is 3. The first-order valence-corrected chi connectivity index (χ1v) is 6.30. The van der Waals surface area contributed by atoms with E-state index < -0.39 is 6.04 Å². The lowest BCUT2D eigenvalue weighted by Crippen LogP contribution is -2.46. The average Bonchev–Trinajstić information content (AvgIpc) is 2.72. The Labute approximate surface area is 97.1 Å². The Kier molecular flexibility index (Phi) is 3.82. The minimum Gasteiger partial charge on any atom is -0.468 e. The molecule has 2 rings (SSSR count). The predicted octanol–water partition coefficient (Wildman–Crippen LogP) is 0.751. The van der Waals surface area contributed by atoms with Crippen molar-refractivity contribution in [2.45, 2.75) is 44.2 Å². The van der Waals surface area contributed by atoms with Crippen LogP contribution in [0.4, 0.5) is 0 Å². The van der Waals surface area contributed by atoms with Gasteiger partial charge in [0.1, 0.15) is 6.04 Å². The van der Waals surface area contributed by atoms with Crippen molar-refractivity contribution in [1.29, 1.82) is 0 Å². The molecule has 0 amide bonds. The summed E-state index contributed by atoms with van der Waals surface area (Å²) < 4.78 is 4.67. The van der Waals surface area contributed by atoms with E-state index in [2.05, 4.69) is 9.64 Å². The maximum Gasteiger partial charge on any atom is 0.323 e. The maximum absolute atomic E-state index is 11.3. The molecule has 4 heteroatoms. The largest absolute Gasteiger partial charge is 0.468 e. The topological polar surface area (TPSA) is 55.6 Å². The first-order valence-electron chi connectivity index (χ1n) is 6.30. The maximum atomic E-state index is 11.3. The van der Waals surface area contributed by atoms with Gasteiger partial charge in [0.15, 0.2) is 0 Å². The molecule has 3 atom stereocenters. The smallest absolute Gasteiger partial charge is 0.323 e. The number of ether oxygens (including phenoxy) is 1. The molecular weight excluding hydrogens is 204 g/mol. The summed E-state index contributed by atoms with van der Waals surface area (Å²) in [6.07, 6.45) is 6.61. The van der Waals surface area contributed by atoms with Crippen molar-refractivity contribution in [2.75, 3.05) is 20.2 Å². The molecule has 0 bridgehead atoms. The molecular formula is C12H22N2O2. The molecule has 16 heavy (non-hydrogen) atoms. The monoisotopic (exact) mass is 226 g/mol. The Morgan fingerprint density at radius 3 is 2.94 bits per heavy atom. The SMILES string of the molecule is COC(=O)C(N)CN1CCC2CCCCC21. The van der Waals surface area contributed by atoms with Crippen molar-refractivity contribution in [3.05, 3.63) is 0 Å². The molecule has 1 aliphatic carbocycles.